The van der Waals surface area contributed by atoms with Crippen LogP contribution in [0.4, 0.5) is 13.2 Å². The summed E-state index contributed by atoms with van der Waals surface area (Å²) in [6.45, 7) is 1.65. The zero-order chi connectivity index (χ0) is 14.8. The van der Waals surface area contributed by atoms with Crippen molar-refractivity contribution in [2.24, 2.45) is 5.92 Å². The number of benzene rings is 1. The molecular formula is C13H13BrF3NO2. The molecule has 0 aliphatic carbocycles. The smallest absolute Gasteiger partial charge is 0.381 e. The Kier molecular flexibility index (Phi) is 4.70. The Morgan fingerprint density at radius 3 is 2.80 bits per heavy atom. The number of amides is 1. The van der Waals surface area contributed by atoms with Crippen molar-refractivity contribution in [3.63, 3.8) is 0 Å². The fourth-order valence-electron chi connectivity index (χ4n) is 1.97. The highest BCUT2D eigenvalue weighted by Crippen LogP contribution is 2.35. The van der Waals surface area contributed by atoms with Crippen LogP contribution in [-0.4, -0.2) is 25.7 Å². The zero-order valence-electron chi connectivity index (χ0n) is 10.5. The maximum Gasteiger partial charge on any atom is 0.417 e. The molecule has 1 aliphatic heterocycles. The summed E-state index contributed by atoms with van der Waals surface area (Å²) in [5.41, 5.74) is -0.853. The molecule has 7 heteroatoms. The molecule has 0 spiro atoms. The van der Waals surface area contributed by atoms with Gasteiger partial charge in [-0.3, -0.25) is 4.79 Å². The zero-order valence-corrected chi connectivity index (χ0v) is 12.1. The van der Waals surface area contributed by atoms with E-state index in [1.807, 2.05) is 0 Å². The summed E-state index contributed by atoms with van der Waals surface area (Å²) in [5.74, 6) is -0.272. The number of ether oxygens (including phenoxy) is 1. The molecule has 1 unspecified atom stereocenters. The van der Waals surface area contributed by atoms with Crippen molar-refractivity contribution >= 4 is 21.8 Å². The van der Waals surface area contributed by atoms with E-state index >= 15 is 0 Å². The van der Waals surface area contributed by atoms with Gasteiger partial charge in [0, 0.05) is 29.1 Å². The SMILES string of the molecule is O=C(NCC1CCOC1)c1ccc(Br)c(C(F)(F)F)c1. The van der Waals surface area contributed by atoms with Gasteiger partial charge < -0.3 is 10.1 Å². The summed E-state index contributed by atoms with van der Waals surface area (Å²) in [7, 11) is 0. The second-order valence-electron chi connectivity index (χ2n) is 4.63. The van der Waals surface area contributed by atoms with Gasteiger partial charge in [-0.15, -0.1) is 0 Å². The van der Waals surface area contributed by atoms with Crippen LogP contribution in [-0.2, 0) is 10.9 Å². The van der Waals surface area contributed by atoms with E-state index in [0.29, 0.717) is 19.8 Å². The van der Waals surface area contributed by atoms with Crippen molar-refractivity contribution in [2.45, 2.75) is 12.6 Å². The van der Waals surface area contributed by atoms with Crippen molar-refractivity contribution in [2.75, 3.05) is 19.8 Å². The fraction of sp³-hybridized carbons (Fsp3) is 0.462. The maximum atomic E-state index is 12.7. The molecule has 110 valence electrons. The predicted molar refractivity (Wildman–Crippen MR) is 70.4 cm³/mol. The standard InChI is InChI=1S/C13H13BrF3NO2/c14-11-2-1-9(5-10(11)13(15,16)17)12(19)18-6-8-3-4-20-7-8/h1-2,5,8H,3-4,6-7H2,(H,18,19). The quantitative estimate of drug-likeness (QED) is 0.907. The van der Waals surface area contributed by atoms with E-state index in [9.17, 15) is 18.0 Å². The van der Waals surface area contributed by atoms with Crippen LogP contribution in [0.2, 0.25) is 0 Å². The monoisotopic (exact) mass is 351 g/mol. The normalized spacial score (nSPS) is 19.1. The third kappa shape index (κ3) is 3.73. The highest BCUT2D eigenvalue weighted by Gasteiger charge is 2.33. The summed E-state index contributed by atoms with van der Waals surface area (Å²) in [4.78, 5) is 11.9. The van der Waals surface area contributed by atoms with E-state index in [1.54, 1.807) is 0 Å². The average molecular weight is 352 g/mol. The van der Waals surface area contributed by atoms with Gasteiger partial charge in [0.25, 0.3) is 5.91 Å². The minimum atomic E-state index is -4.49. The van der Waals surface area contributed by atoms with Crippen molar-refractivity contribution in [1.82, 2.24) is 5.32 Å². The number of nitrogens with one attached hydrogen (secondary N) is 1. The number of hydrogen-bond donors (Lipinski definition) is 1. The van der Waals surface area contributed by atoms with Crippen molar-refractivity contribution < 1.29 is 22.7 Å². The highest BCUT2D eigenvalue weighted by atomic mass is 79.9. The summed E-state index contributed by atoms with van der Waals surface area (Å²) < 4.78 is 43.3. The first kappa shape index (κ1) is 15.3. The number of carbonyl (C=O) groups excluding carboxylic acids is 1. The van der Waals surface area contributed by atoms with Gasteiger partial charge in [0.05, 0.1) is 12.2 Å². The van der Waals surface area contributed by atoms with Crippen molar-refractivity contribution in [3.05, 3.63) is 33.8 Å². The van der Waals surface area contributed by atoms with Gasteiger partial charge in [0.15, 0.2) is 0 Å². The lowest BCUT2D eigenvalue weighted by Crippen LogP contribution is -2.29. The van der Waals surface area contributed by atoms with E-state index in [-0.39, 0.29) is 16.0 Å². The van der Waals surface area contributed by atoms with Crippen molar-refractivity contribution in [3.8, 4) is 0 Å². The van der Waals surface area contributed by atoms with Gasteiger partial charge in [-0.1, -0.05) is 15.9 Å². The summed E-state index contributed by atoms with van der Waals surface area (Å²) in [5, 5.41) is 2.64. The van der Waals surface area contributed by atoms with Gasteiger partial charge in [-0.05, 0) is 24.6 Å². The van der Waals surface area contributed by atoms with Crippen LogP contribution < -0.4 is 5.32 Å². The lowest BCUT2D eigenvalue weighted by atomic mass is 10.1. The van der Waals surface area contributed by atoms with E-state index in [1.165, 1.54) is 12.1 Å². The Morgan fingerprint density at radius 1 is 1.45 bits per heavy atom. The van der Waals surface area contributed by atoms with Crippen LogP contribution in [0.15, 0.2) is 22.7 Å². The van der Waals surface area contributed by atoms with Crippen LogP contribution in [0.5, 0.6) is 0 Å². The molecule has 1 fully saturated rings. The second kappa shape index (κ2) is 6.13. The topological polar surface area (TPSA) is 38.3 Å². The number of halogens is 4. The number of rotatable bonds is 3. The van der Waals surface area contributed by atoms with Gasteiger partial charge in [-0.2, -0.15) is 13.2 Å². The average Bonchev–Trinajstić information content (AvgIpc) is 2.88. The van der Waals surface area contributed by atoms with Gasteiger partial charge in [0.2, 0.25) is 0 Å². The van der Waals surface area contributed by atoms with E-state index in [0.717, 1.165) is 12.5 Å². The molecule has 0 bridgehead atoms. The van der Waals surface area contributed by atoms with Crippen LogP contribution in [0.3, 0.4) is 0 Å². The number of hydrogen-bond acceptors (Lipinski definition) is 2. The lowest BCUT2D eigenvalue weighted by Gasteiger charge is -2.12. The third-order valence-corrected chi connectivity index (χ3v) is 3.80. The summed E-state index contributed by atoms with van der Waals surface area (Å²) in [6.07, 6.45) is -3.64. The van der Waals surface area contributed by atoms with Crippen LogP contribution in [0.1, 0.15) is 22.3 Å². The molecule has 1 amide bonds. The molecule has 1 saturated heterocycles. The van der Waals surface area contributed by atoms with E-state index in [2.05, 4.69) is 21.2 Å². The Balaban J connectivity index is 2.06. The molecule has 1 N–H and O–H groups in total. The first-order valence-electron chi connectivity index (χ1n) is 6.10. The van der Waals surface area contributed by atoms with Crippen LogP contribution in [0, 0.1) is 5.92 Å². The largest absolute Gasteiger partial charge is 0.417 e. The minimum absolute atomic E-state index is 0.000518. The molecule has 0 radical (unpaired) electrons. The molecular weight excluding hydrogens is 339 g/mol. The molecule has 1 heterocycles. The van der Waals surface area contributed by atoms with Gasteiger partial charge in [0.1, 0.15) is 0 Å². The molecule has 3 nitrogen and oxygen atoms in total. The number of carbonyl (C=O) groups is 1. The molecule has 1 aromatic rings. The Labute approximate surface area is 122 Å². The number of alkyl halides is 3. The lowest BCUT2D eigenvalue weighted by molar-refractivity contribution is -0.138. The Morgan fingerprint density at radius 2 is 2.20 bits per heavy atom. The van der Waals surface area contributed by atoms with E-state index < -0.39 is 17.6 Å². The first-order chi connectivity index (χ1) is 9.38. The first-order valence-corrected chi connectivity index (χ1v) is 6.90. The molecule has 0 aromatic heterocycles. The predicted octanol–water partition coefficient (Wildman–Crippen LogP) is 3.23. The molecule has 0 saturated carbocycles. The van der Waals surface area contributed by atoms with Crippen LogP contribution >= 0.6 is 15.9 Å². The maximum absolute atomic E-state index is 12.7. The molecule has 20 heavy (non-hydrogen) atoms. The van der Waals surface area contributed by atoms with Crippen molar-refractivity contribution in [1.29, 1.82) is 0 Å². The van der Waals surface area contributed by atoms with E-state index in [4.69, 9.17) is 4.74 Å². The molecule has 1 aliphatic rings. The van der Waals surface area contributed by atoms with Gasteiger partial charge in [-0.25, -0.2) is 0 Å². The summed E-state index contributed by atoms with van der Waals surface area (Å²) >= 11 is 2.84. The third-order valence-electron chi connectivity index (χ3n) is 3.11. The molecule has 1 aromatic carbocycles. The molecule has 2 rings (SSSR count). The van der Waals surface area contributed by atoms with Crippen LogP contribution in [0.25, 0.3) is 0 Å². The fourth-order valence-corrected chi connectivity index (χ4v) is 2.44. The summed E-state index contributed by atoms with van der Waals surface area (Å²) in [6, 6.07) is 3.45. The van der Waals surface area contributed by atoms with Gasteiger partial charge >= 0.3 is 6.18 Å². The second-order valence-corrected chi connectivity index (χ2v) is 5.49. The highest BCUT2D eigenvalue weighted by molar-refractivity contribution is 9.10. The Hall–Kier alpha value is -1.08. The molecule has 1 atom stereocenters. The Bertz CT molecular complexity index is 499. The minimum Gasteiger partial charge on any atom is -0.381 e.